The minimum absolute atomic E-state index is 0.447. The molecule has 1 aliphatic rings. The van der Waals surface area contributed by atoms with Crippen molar-refractivity contribution in [3.63, 3.8) is 0 Å². The fraction of sp³-hybridized carbons (Fsp3) is 0.429. The lowest BCUT2D eigenvalue weighted by molar-refractivity contribution is -0.137. The van der Waals surface area contributed by atoms with E-state index >= 15 is 0 Å². The first-order chi connectivity index (χ1) is 8.97. The maximum atomic E-state index is 12.5. The van der Waals surface area contributed by atoms with Gasteiger partial charge in [0.1, 0.15) is 0 Å². The fourth-order valence-electron chi connectivity index (χ4n) is 2.16. The second-order valence-electron chi connectivity index (χ2n) is 4.62. The van der Waals surface area contributed by atoms with E-state index in [1.807, 2.05) is 0 Å². The van der Waals surface area contributed by atoms with Crippen molar-refractivity contribution >= 4 is 21.6 Å². The Hall–Kier alpha value is -0.970. The Balaban J connectivity index is 1.93. The Morgan fingerprint density at radius 2 is 2.05 bits per heavy atom. The van der Waals surface area contributed by atoms with E-state index in [2.05, 4.69) is 27.3 Å². The number of alkyl halides is 3. The molecular weight excluding hydrogens is 319 g/mol. The summed E-state index contributed by atoms with van der Waals surface area (Å²) in [5.74, 6) is 0. The molecule has 2 rings (SSSR count). The van der Waals surface area contributed by atoms with Gasteiger partial charge in [-0.15, -0.1) is 0 Å². The molecular formula is C14H15BrF3N. The molecule has 0 amide bonds. The number of allylic oxidation sites excluding steroid dienone is 1. The average Bonchev–Trinajstić information content (AvgIpc) is 2.83. The van der Waals surface area contributed by atoms with Gasteiger partial charge < -0.3 is 5.32 Å². The number of nitrogens with one attached hydrogen (secondary N) is 1. The minimum Gasteiger partial charge on any atom is -0.384 e. The first-order valence-electron chi connectivity index (χ1n) is 6.25. The summed E-state index contributed by atoms with van der Waals surface area (Å²) in [6, 6.07) is 3.68. The van der Waals surface area contributed by atoms with Crippen LogP contribution in [-0.2, 0) is 6.18 Å². The fourth-order valence-corrected chi connectivity index (χ4v) is 2.68. The van der Waals surface area contributed by atoms with Crippen LogP contribution in [0.3, 0.4) is 0 Å². The van der Waals surface area contributed by atoms with Gasteiger partial charge in [0, 0.05) is 16.7 Å². The highest BCUT2D eigenvalue weighted by Gasteiger charge is 2.30. The lowest BCUT2D eigenvalue weighted by Gasteiger charge is -2.12. The third kappa shape index (κ3) is 4.00. The van der Waals surface area contributed by atoms with Crippen LogP contribution in [0.25, 0.3) is 0 Å². The van der Waals surface area contributed by atoms with E-state index in [9.17, 15) is 13.2 Å². The number of rotatable bonds is 4. The molecule has 0 atom stereocenters. The lowest BCUT2D eigenvalue weighted by atomic mass is 10.1. The summed E-state index contributed by atoms with van der Waals surface area (Å²) in [6.45, 7) is 0.746. The third-order valence-electron chi connectivity index (χ3n) is 3.19. The maximum absolute atomic E-state index is 12.5. The van der Waals surface area contributed by atoms with Crippen LogP contribution in [0.2, 0.25) is 0 Å². The van der Waals surface area contributed by atoms with E-state index in [-0.39, 0.29) is 0 Å². The summed E-state index contributed by atoms with van der Waals surface area (Å²) >= 11 is 3.18. The Labute approximate surface area is 119 Å². The molecule has 0 fully saturated rings. The molecule has 0 bridgehead atoms. The molecule has 0 aliphatic heterocycles. The molecule has 1 aliphatic carbocycles. The van der Waals surface area contributed by atoms with Gasteiger partial charge in [-0.2, -0.15) is 13.2 Å². The van der Waals surface area contributed by atoms with Gasteiger partial charge in [0.2, 0.25) is 0 Å². The number of benzene rings is 1. The van der Waals surface area contributed by atoms with Gasteiger partial charge in [0.25, 0.3) is 0 Å². The van der Waals surface area contributed by atoms with Crippen LogP contribution >= 0.6 is 15.9 Å². The standard InChI is InChI=1S/C14H15BrF3N/c15-12-9-11(14(16,17)18)5-6-13(12)19-8-7-10-3-1-2-4-10/h3,5-6,9,19H,1-2,4,7-8H2. The summed E-state index contributed by atoms with van der Waals surface area (Å²) in [5, 5.41) is 3.16. The van der Waals surface area contributed by atoms with Crippen molar-refractivity contribution < 1.29 is 13.2 Å². The second kappa shape index (κ2) is 5.99. The molecule has 0 heterocycles. The van der Waals surface area contributed by atoms with Gasteiger partial charge in [-0.25, -0.2) is 0 Å². The zero-order chi connectivity index (χ0) is 13.9. The number of halogens is 4. The van der Waals surface area contributed by atoms with Gasteiger partial charge in [0.15, 0.2) is 0 Å². The van der Waals surface area contributed by atoms with Crippen molar-refractivity contribution in [1.29, 1.82) is 0 Å². The smallest absolute Gasteiger partial charge is 0.384 e. The largest absolute Gasteiger partial charge is 0.416 e. The van der Waals surface area contributed by atoms with Crippen molar-refractivity contribution in [1.82, 2.24) is 0 Å². The molecule has 0 saturated carbocycles. The topological polar surface area (TPSA) is 12.0 Å². The molecule has 1 aromatic rings. The first kappa shape index (κ1) is 14.4. The average molecular weight is 334 g/mol. The second-order valence-corrected chi connectivity index (χ2v) is 5.48. The molecule has 0 spiro atoms. The summed E-state index contributed by atoms with van der Waals surface area (Å²) in [6.07, 6.45) is 2.43. The van der Waals surface area contributed by atoms with Crippen molar-refractivity contribution in [2.24, 2.45) is 0 Å². The SMILES string of the molecule is FC(F)(F)c1ccc(NCCC2=CCCC2)c(Br)c1. The van der Waals surface area contributed by atoms with Crippen LogP contribution in [-0.4, -0.2) is 6.54 Å². The van der Waals surface area contributed by atoms with Crippen LogP contribution in [0.15, 0.2) is 34.3 Å². The molecule has 1 aromatic carbocycles. The van der Waals surface area contributed by atoms with E-state index in [1.165, 1.54) is 18.1 Å². The van der Waals surface area contributed by atoms with Crippen LogP contribution in [0, 0.1) is 0 Å². The predicted molar refractivity (Wildman–Crippen MR) is 74.2 cm³/mol. The molecule has 0 radical (unpaired) electrons. The first-order valence-corrected chi connectivity index (χ1v) is 7.04. The normalized spacial score (nSPS) is 15.5. The predicted octanol–water partition coefficient (Wildman–Crippen LogP) is 5.38. The Morgan fingerprint density at radius 3 is 2.63 bits per heavy atom. The molecule has 0 unspecified atom stereocenters. The van der Waals surface area contributed by atoms with Crippen LogP contribution < -0.4 is 5.32 Å². The summed E-state index contributed by atoms with van der Waals surface area (Å²) < 4.78 is 38.0. The Bertz CT molecular complexity index is 480. The summed E-state index contributed by atoms with van der Waals surface area (Å²) in [5.41, 5.74) is 1.51. The monoisotopic (exact) mass is 333 g/mol. The van der Waals surface area contributed by atoms with E-state index in [1.54, 1.807) is 0 Å². The Morgan fingerprint density at radius 1 is 1.26 bits per heavy atom. The minimum atomic E-state index is -4.30. The highest BCUT2D eigenvalue weighted by Crippen LogP contribution is 2.34. The highest BCUT2D eigenvalue weighted by atomic mass is 79.9. The highest BCUT2D eigenvalue weighted by molar-refractivity contribution is 9.10. The van der Waals surface area contributed by atoms with Gasteiger partial charge in [-0.1, -0.05) is 11.6 Å². The molecule has 1 N–H and O–H groups in total. The zero-order valence-electron chi connectivity index (χ0n) is 10.4. The zero-order valence-corrected chi connectivity index (χ0v) is 11.9. The summed E-state index contributed by atoms with van der Waals surface area (Å²) in [7, 11) is 0. The molecule has 5 heteroatoms. The van der Waals surface area contributed by atoms with Crippen molar-refractivity contribution in [3.05, 3.63) is 39.9 Å². The van der Waals surface area contributed by atoms with Gasteiger partial charge in [-0.05, 0) is 59.8 Å². The third-order valence-corrected chi connectivity index (χ3v) is 3.85. The summed E-state index contributed by atoms with van der Waals surface area (Å²) in [4.78, 5) is 0. The van der Waals surface area contributed by atoms with Crippen LogP contribution in [0.1, 0.15) is 31.2 Å². The van der Waals surface area contributed by atoms with Crippen LogP contribution in [0.4, 0.5) is 18.9 Å². The van der Waals surface area contributed by atoms with E-state index in [0.29, 0.717) is 10.2 Å². The quantitative estimate of drug-likeness (QED) is 0.729. The molecule has 104 valence electrons. The van der Waals surface area contributed by atoms with Gasteiger partial charge >= 0.3 is 6.18 Å². The molecule has 0 aromatic heterocycles. The lowest BCUT2D eigenvalue weighted by Crippen LogP contribution is -2.07. The number of hydrogen-bond donors (Lipinski definition) is 1. The molecule has 1 nitrogen and oxygen atoms in total. The van der Waals surface area contributed by atoms with Gasteiger partial charge in [0.05, 0.1) is 5.56 Å². The number of anilines is 1. The van der Waals surface area contributed by atoms with Crippen molar-refractivity contribution in [2.45, 2.75) is 31.9 Å². The van der Waals surface area contributed by atoms with Crippen molar-refractivity contribution in [3.8, 4) is 0 Å². The van der Waals surface area contributed by atoms with Crippen molar-refractivity contribution in [2.75, 3.05) is 11.9 Å². The van der Waals surface area contributed by atoms with E-state index in [4.69, 9.17) is 0 Å². The van der Waals surface area contributed by atoms with Gasteiger partial charge in [-0.3, -0.25) is 0 Å². The number of hydrogen-bond acceptors (Lipinski definition) is 1. The Kier molecular flexibility index (Phi) is 4.55. The maximum Gasteiger partial charge on any atom is 0.416 e. The van der Waals surface area contributed by atoms with E-state index < -0.39 is 11.7 Å². The van der Waals surface area contributed by atoms with E-state index in [0.717, 1.165) is 37.9 Å². The van der Waals surface area contributed by atoms with Crippen LogP contribution in [0.5, 0.6) is 0 Å². The molecule has 19 heavy (non-hydrogen) atoms. The molecule has 0 saturated heterocycles.